The minimum Gasteiger partial charge on any atom is -0.493 e. The molecule has 0 aliphatic carbocycles. The summed E-state index contributed by atoms with van der Waals surface area (Å²) in [5.74, 6) is 0.874. The SMILES string of the molecule is Cc1c(F)cccc1OCC1CCCOC1. The summed E-state index contributed by atoms with van der Waals surface area (Å²) < 4.78 is 24.2. The Morgan fingerprint density at radius 1 is 1.50 bits per heavy atom. The van der Waals surface area contributed by atoms with Crippen molar-refractivity contribution in [3.63, 3.8) is 0 Å². The van der Waals surface area contributed by atoms with Gasteiger partial charge in [0.05, 0.1) is 13.2 Å². The Morgan fingerprint density at radius 2 is 2.38 bits per heavy atom. The van der Waals surface area contributed by atoms with E-state index < -0.39 is 0 Å². The topological polar surface area (TPSA) is 18.5 Å². The van der Waals surface area contributed by atoms with Crippen LogP contribution in [0.3, 0.4) is 0 Å². The number of benzene rings is 1. The molecule has 16 heavy (non-hydrogen) atoms. The number of hydrogen-bond donors (Lipinski definition) is 0. The van der Waals surface area contributed by atoms with Gasteiger partial charge in [-0.15, -0.1) is 0 Å². The molecule has 1 atom stereocenters. The molecule has 1 aliphatic rings. The van der Waals surface area contributed by atoms with E-state index in [-0.39, 0.29) is 5.82 Å². The number of ether oxygens (including phenoxy) is 2. The highest BCUT2D eigenvalue weighted by atomic mass is 19.1. The standard InChI is InChI=1S/C13H17FO2/c1-10-12(14)5-2-6-13(10)16-9-11-4-3-7-15-8-11/h2,5-6,11H,3-4,7-9H2,1H3. The molecule has 1 saturated heterocycles. The van der Waals surface area contributed by atoms with Crippen molar-refractivity contribution in [2.45, 2.75) is 19.8 Å². The van der Waals surface area contributed by atoms with Crippen molar-refractivity contribution in [1.82, 2.24) is 0 Å². The maximum Gasteiger partial charge on any atom is 0.129 e. The van der Waals surface area contributed by atoms with Crippen LogP contribution in [0, 0.1) is 18.7 Å². The molecule has 1 fully saturated rings. The van der Waals surface area contributed by atoms with Gasteiger partial charge in [0.1, 0.15) is 11.6 Å². The summed E-state index contributed by atoms with van der Waals surface area (Å²) >= 11 is 0. The largest absolute Gasteiger partial charge is 0.493 e. The smallest absolute Gasteiger partial charge is 0.129 e. The Labute approximate surface area is 95.4 Å². The molecular weight excluding hydrogens is 207 g/mol. The van der Waals surface area contributed by atoms with Crippen molar-refractivity contribution in [2.24, 2.45) is 5.92 Å². The van der Waals surface area contributed by atoms with E-state index in [1.54, 1.807) is 13.0 Å². The fourth-order valence-corrected chi connectivity index (χ4v) is 1.89. The Balaban J connectivity index is 1.91. The van der Waals surface area contributed by atoms with Crippen molar-refractivity contribution >= 4 is 0 Å². The molecule has 0 amide bonds. The third kappa shape index (κ3) is 2.73. The third-order valence-electron chi connectivity index (χ3n) is 2.95. The first-order valence-corrected chi connectivity index (χ1v) is 5.73. The molecule has 0 spiro atoms. The molecule has 0 bridgehead atoms. The highest BCUT2D eigenvalue weighted by molar-refractivity contribution is 5.33. The Morgan fingerprint density at radius 3 is 3.12 bits per heavy atom. The second kappa shape index (κ2) is 5.30. The molecule has 1 unspecified atom stereocenters. The molecule has 3 heteroatoms. The summed E-state index contributed by atoms with van der Waals surface area (Å²) in [5.41, 5.74) is 0.583. The van der Waals surface area contributed by atoms with E-state index in [1.807, 2.05) is 6.07 Å². The van der Waals surface area contributed by atoms with Gasteiger partial charge < -0.3 is 9.47 Å². The lowest BCUT2D eigenvalue weighted by molar-refractivity contribution is 0.0350. The van der Waals surface area contributed by atoms with Crippen molar-refractivity contribution < 1.29 is 13.9 Å². The monoisotopic (exact) mass is 224 g/mol. The van der Waals surface area contributed by atoms with E-state index in [0.29, 0.717) is 23.8 Å². The third-order valence-corrected chi connectivity index (χ3v) is 2.95. The van der Waals surface area contributed by atoms with E-state index in [9.17, 15) is 4.39 Å². The predicted molar refractivity (Wildman–Crippen MR) is 60.2 cm³/mol. The zero-order valence-corrected chi connectivity index (χ0v) is 9.54. The Hall–Kier alpha value is -1.09. The summed E-state index contributed by atoms with van der Waals surface area (Å²) in [5, 5.41) is 0. The number of rotatable bonds is 3. The zero-order chi connectivity index (χ0) is 11.4. The zero-order valence-electron chi connectivity index (χ0n) is 9.54. The molecule has 0 saturated carbocycles. The van der Waals surface area contributed by atoms with E-state index in [0.717, 1.165) is 26.1 Å². The minimum absolute atomic E-state index is 0.211. The summed E-state index contributed by atoms with van der Waals surface area (Å²) in [6.45, 7) is 3.97. The molecule has 0 aromatic heterocycles. The number of hydrogen-bond acceptors (Lipinski definition) is 2. The fourth-order valence-electron chi connectivity index (χ4n) is 1.89. The van der Waals surface area contributed by atoms with Crippen LogP contribution < -0.4 is 4.74 Å². The Bertz CT molecular complexity index is 346. The Kier molecular flexibility index (Phi) is 3.78. The first kappa shape index (κ1) is 11.4. The molecule has 88 valence electrons. The molecule has 1 aromatic rings. The van der Waals surface area contributed by atoms with Crippen LogP contribution >= 0.6 is 0 Å². The van der Waals surface area contributed by atoms with Crippen LogP contribution in [-0.4, -0.2) is 19.8 Å². The summed E-state index contributed by atoms with van der Waals surface area (Å²) in [4.78, 5) is 0. The maximum atomic E-state index is 13.2. The van der Waals surface area contributed by atoms with Gasteiger partial charge in [-0.05, 0) is 31.9 Å². The molecule has 1 aliphatic heterocycles. The second-order valence-corrected chi connectivity index (χ2v) is 4.26. The second-order valence-electron chi connectivity index (χ2n) is 4.26. The van der Waals surface area contributed by atoms with Gasteiger partial charge in [-0.3, -0.25) is 0 Å². The molecular formula is C13H17FO2. The minimum atomic E-state index is -0.211. The number of halogens is 1. The van der Waals surface area contributed by atoms with Crippen LogP contribution in [0.5, 0.6) is 5.75 Å². The van der Waals surface area contributed by atoms with Gasteiger partial charge in [-0.2, -0.15) is 0 Å². The van der Waals surface area contributed by atoms with E-state index >= 15 is 0 Å². The lowest BCUT2D eigenvalue weighted by Crippen LogP contribution is -2.23. The van der Waals surface area contributed by atoms with Gasteiger partial charge in [0, 0.05) is 18.1 Å². The van der Waals surface area contributed by atoms with Crippen LogP contribution in [0.1, 0.15) is 18.4 Å². The van der Waals surface area contributed by atoms with Gasteiger partial charge in [-0.25, -0.2) is 4.39 Å². The van der Waals surface area contributed by atoms with Crippen LogP contribution in [0.25, 0.3) is 0 Å². The van der Waals surface area contributed by atoms with E-state index in [4.69, 9.17) is 9.47 Å². The quantitative estimate of drug-likeness (QED) is 0.786. The average Bonchev–Trinajstić information content (AvgIpc) is 2.32. The average molecular weight is 224 g/mol. The first-order valence-electron chi connectivity index (χ1n) is 5.73. The van der Waals surface area contributed by atoms with Gasteiger partial charge in [0.25, 0.3) is 0 Å². The van der Waals surface area contributed by atoms with Crippen molar-refractivity contribution in [1.29, 1.82) is 0 Å². The molecule has 2 rings (SSSR count). The summed E-state index contributed by atoms with van der Waals surface area (Å²) in [6.07, 6.45) is 2.23. The van der Waals surface area contributed by atoms with Gasteiger partial charge >= 0.3 is 0 Å². The molecule has 2 nitrogen and oxygen atoms in total. The van der Waals surface area contributed by atoms with Crippen LogP contribution in [0.15, 0.2) is 18.2 Å². The molecule has 1 aromatic carbocycles. The van der Waals surface area contributed by atoms with Gasteiger partial charge in [-0.1, -0.05) is 6.07 Å². The van der Waals surface area contributed by atoms with Crippen LogP contribution in [-0.2, 0) is 4.74 Å². The maximum absolute atomic E-state index is 13.2. The fraction of sp³-hybridized carbons (Fsp3) is 0.538. The van der Waals surface area contributed by atoms with Gasteiger partial charge in [0.2, 0.25) is 0 Å². The van der Waals surface area contributed by atoms with E-state index in [1.165, 1.54) is 6.07 Å². The lowest BCUT2D eigenvalue weighted by atomic mass is 10.0. The highest BCUT2D eigenvalue weighted by Crippen LogP contribution is 2.22. The molecule has 1 heterocycles. The van der Waals surface area contributed by atoms with Crippen molar-refractivity contribution in [2.75, 3.05) is 19.8 Å². The van der Waals surface area contributed by atoms with Crippen molar-refractivity contribution in [3.05, 3.63) is 29.6 Å². The molecule has 0 radical (unpaired) electrons. The van der Waals surface area contributed by atoms with Crippen molar-refractivity contribution in [3.8, 4) is 5.75 Å². The summed E-state index contributed by atoms with van der Waals surface area (Å²) in [6, 6.07) is 4.93. The summed E-state index contributed by atoms with van der Waals surface area (Å²) in [7, 11) is 0. The molecule has 0 N–H and O–H groups in total. The van der Waals surface area contributed by atoms with Crippen LogP contribution in [0.4, 0.5) is 4.39 Å². The predicted octanol–water partition coefficient (Wildman–Crippen LogP) is 2.94. The normalized spacial score (nSPS) is 20.8. The van der Waals surface area contributed by atoms with Gasteiger partial charge in [0.15, 0.2) is 0 Å². The highest BCUT2D eigenvalue weighted by Gasteiger charge is 2.15. The lowest BCUT2D eigenvalue weighted by Gasteiger charge is -2.22. The van der Waals surface area contributed by atoms with Crippen LogP contribution in [0.2, 0.25) is 0 Å². The first-order chi connectivity index (χ1) is 7.77. The van der Waals surface area contributed by atoms with E-state index in [2.05, 4.69) is 0 Å².